The van der Waals surface area contributed by atoms with Gasteiger partial charge in [0.05, 0.1) is 18.6 Å². The van der Waals surface area contributed by atoms with E-state index in [1.54, 1.807) is 53.4 Å². The number of ether oxygens (including phenoxy) is 2. The fourth-order valence-electron chi connectivity index (χ4n) is 2.90. The molecule has 2 aromatic carbocycles. The number of anilines is 1. The summed E-state index contributed by atoms with van der Waals surface area (Å²) in [6, 6.07) is 13.6. The number of carbonyl (C=O) groups is 3. The number of halogens is 1. The molecule has 30 heavy (non-hydrogen) atoms. The summed E-state index contributed by atoms with van der Waals surface area (Å²) in [4.78, 5) is 38.6. The van der Waals surface area contributed by atoms with Crippen molar-refractivity contribution in [2.45, 2.75) is 12.5 Å². The lowest BCUT2D eigenvalue weighted by Crippen LogP contribution is -2.29. The number of hydrogen-bond acceptors (Lipinski definition) is 6. The zero-order valence-electron chi connectivity index (χ0n) is 16.3. The first-order valence-corrected chi connectivity index (χ1v) is 10.6. The third-order valence-corrected chi connectivity index (χ3v) is 5.63. The van der Waals surface area contributed by atoms with Crippen LogP contribution >= 0.6 is 23.4 Å². The maximum Gasteiger partial charge on any atom is 0.308 e. The second-order valence-electron chi connectivity index (χ2n) is 6.47. The van der Waals surface area contributed by atoms with Crippen LogP contribution in [0, 0.1) is 0 Å². The summed E-state index contributed by atoms with van der Waals surface area (Å²) in [5.41, 5.74) is 0.984. The Labute approximate surface area is 183 Å². The Morgan fingerprint density at radius 3 is 2.63 bits per heavy atom. The number of amides is 2. The molecule has 0 spiro atoms. The highest BCUT2D eigenvalue weighted by Gasteiger charge is 2.27. The van der Waals surface area contributed by atoms with Crippen molar-refractivity contribution in [3.05, 3.63) is 59.1 Å². The van der Waals surface area contributed by atoms with Crippen molar-refractivity contribution in [3.63, 3.8) is 0 Å². The largest absolute Gasteiger partial charge is 0.495 e. The van der Waals surface area contributed by atoms with E-state index in [-0.39, 0.29) is 18.2 Å². The molecule has 1 unspecified atom stereocenters. The molecule has 0 saturated carbocycles. The number of nitrogens with one attached hydrogen (secondary N) is 1. The lowest BCUT2D eigenvalue weighted by molar-refractivity contribution is -0.154. The van der Waals surface area contributed by atoms with E-state index in [0.717, 1.165) is 0 Å². The number of nitrogens with zero attached hydrogens (tertiary/aromatic N) is 1. The van der Waals surface area contributed by atoms with Gasteiger partial charge in [0.1, 0.15) is 5.75 Å². The number of methoxy groups -OCH3 is 1. The third-order valence-electron chi connectivity index (χ3n) is 4.44. The van der Waals surface area contributed by atoms with Crippen LogP contribution < -0.4 is 10.1 Å². The van der Waals surface area contributed by atoms with Crippen LogP contribution in [0.3, 0.4) is 0 Å². The molecule has 158 valence electrons. The Balaban J connectivity index is 1.69. The van der Waals surface area contributed by atoms with Gasteiger partial charge >= 0.3 is 5.97 Å². The molecule has 0 aliphatic carbocycles. The molecule has 1 saturated heterocycles. The SMILES string of the molecule is COc1ccc(NC(=O)C(OC(=O)CCN2CCSC2=O)c2ccccc2)cc1Cl. The minimum Gasteiger partial charge on any atom is -0.495 e. The zero-order chi connectivity index (χ0) is 21.5. The molecule has 1 aliphatic heterocycles. The van der Waals surface area contributed by atoms with E-state index in [1.807, 2.05) is 0 Å². The fraction of sp³-hybridized carbons (Fsp3) is 0.286. The van der Waals surface area contributed by atoms with Crippen LogP contribution in [0.4, 0.5) is 10.5 Å². The Morgan fingerprint density at radius 1 is 1.23 bits per heavy atom. The summed E-state index contributed by atoms with van der Waals surface area (Å²) < 4.78 is 10.6. The molecule has 1 N–H and O–H groups in total. The van der Waals surface area contributed by atoms with Gasteiger partial charge in [0.25, 0.3) is 11.1 Å². The van der Waals surface area contributed by atoms with Crippen molar-refractivity contribution in [2.24, 2.45) is 0 Å². The Kier molecular flexibility index (Phi) is 7.59. The van der Waals surface area contributed by atoms with Gasteiger partial charge in [-0.05, 0) is 18.2 Å². The van der Waals surface area contributed by atoms with Gasteiger partial charge in [-0.1, -0.05) is 53.7 Å². The second kappa shape index (κ2) is 10.4. The first-order valence-electron chi connectivity index (χ1n) is 9.28. The van der Waals surface area contributed by atoms with Gasteiger partial charge in [-0.3, -0.25) is 14.4 Å². The molecule has 3 rings (SSSR count). The maximum atomic E-state index is 12.9. The van der Waals surface area contributed by atoms with Crippen LogP contribution in [0.5, 0.6) is 5.75 Å². The minimum absolute atomic E-state index is 0.0112. The van der Waals surface area contributed by atoms with Gasteiger partial charge in [-0.2, -0.15) is 0 Å². The average molecular weight is 449 g/mol. The third kappa shape index (κ3) is 5.67. The van der Waals surface area contributed by atoms with E-state index >= 15 is 0 Å². The smallest absolute Gasteiger partial charge is 0.308 e. The number of hydrogen-bond donors (Lipinski definition) is 1. The van der Waals surface area contributed by atoms with Crippen LogP contribution in [0.15, 0.2) is 48.5 Å². The molecule has 0 radical (unpaired) electrons. The van der Waals surface area contributed by atoms with Crippen molar-refractivity contribution < 1.29 is 23.9 Å². The molecule has 9 heteroatoms. The summed E-state index contributed by atoms with van der Waals surface area (Å²) in [6.45, 7) is 0.874. The molecule has 1 aliphatic rings. The van der Waals surface area contributed by atoms with E-state index in [1.165, 1.54) is 18.9 Å². The molecule has 2 amide bonds. The van der Waals surface area contributed by atoms with Crippen LogP contribution in [0.2, 0.25) is 5.02 Å². The van der Waals surface area contributed by atoms with Crippen molar-refractivity contribution >= 4 is 46.2 Å². The summed E-state index contributed by atoms with van der Waals surface area (Å²) in [5.74, 6) is 0.128. The van der Waals surface area contributed by atoms with Crippen molar-refractivity contribution in [3.8, 4) is 5.75 Å². The van der Waals surface area contributed by atoms with Crippen LogP contribution in [-0.4, -0.2) is 48.0 Å². The summed E-state index contributed by atoms with van der Waals surface area (Å²) >= 11 is 7.34. The molecule has 1 heterocycles. The Morgan fingerprint density at radius 2 is 2.00 bits per heavy atom. The van der Waals surface area contributed by atoms with E-state index < -0.39 is 18.0 Å². The van der Waals surface area contributed by atoms with Crippen molar-refractivity contribution in [1.29, 1.82) is 0 Å². The lowest BCUT2D eigenvalue weighted by atomic mass is 10.1. The summed E-state index contributed by atoms with van der Waals surface area (Å²) in [5, 5.41) is 3.02. The predicted octanol–water partition coefficient (Wildman–Crippen LogP) is 4.13. The Hall–Kier alpha value is -2.71. The van der Waals surface area contributed by atoms with Crippen LogP contribution in [0.1, 0.15) is 18.1 Å². The van der Waals surface area contributed by atoms with E-state index in [9.17, 15) is 14.4 Å². The monoisotopic (exact) mass is 448 g/mol. The summed E-state index contributed by atoms with van der Waals surface area (Å²) in [7, 11) is 1.50. The zero-order valence-corrected chi connectivity index (χ0v) is 17.9. The first-order chi connectivity index (χ1) is 14.5. The normalized spacial score (nSPS) is 14.3. The van der Waals surface area contributed by atoms with Gasteiger partial charge in [-0.15, -0.1) is 0 Å². The molecule has 2 aromatic rings. The fourth-order valence-corrected chi connectivity index (χ4v) is 4.01. The van der Waals surface area contributed by atoms with Gasteiger partial charge < -0.3 is 19.7 Å². The molecular weight excluding hydrogens is 428 g/mol. The quantitative estimate of drug-likeness (QED) is 0.611. The average Bonchev–Trinajstić information content (AvgIpc) is 3.16. The predicted molar refractivity (Wildman–Crippen MR) is 116 cm³/mol. The topological polar surface area (TPSA) is 84.9 Å². The van der Waals surface area contributed by atoms with Crippen LogP contribution in [-0.2, 0) is 14.3 Å². The number of benzene rings is 2. The lowest BCUT2D eigenvalue weighted by Gasteiger charge is -2.19. The van der Waals surface area contributed by atoms with Gasteiger partial charge in [0.15, 0.2) is 0 Å². The molecule has 1 atom stereocenters. The minimum atomic E-state index is -1.14. The molecule has 7 nitrogen and oxygen atoms in total. The van der Waals surface area contributed by atoms with Gasteiger partial charge in [-0.25, -0.2) is 0 Å². The standard InChI is InChI=1S/C21H21ClN2O5S/c1-28-17-8-7-15(13-16(17)22)23-20(26)19(14-5-3-2-4-6-14)29-18(25)9-10-24-11-12-30-21(24)27/h2-8,13,19H,9-12H2,1H3,(H,23,26). The second-order valence-corrected chi connectivity index (χ2v) is 7.92. The number of esters is 1. The van der Waals surface area contributed by atoms with E-state index in [0.29, 0.717) is 34.3 Å². The van der Waals surface area contributed by atoms with Crippen molar-refractivity contribution in [1.82, 2.24) is 4.90 Å². The maximum absolute atomic E-state index is 12.9. The van der Waals surface area contributed by atoms with Gasteiger partial charge in [0.2, 0.25) is 6.10 Å². The van der Waals surface area contributed by atoms with Crippen molar-refractivity contribution in [2.75, 3.05) is 31.3 Å². The van der Waals surface area contributed by atoms with Crippen LogP contribution in [0.25, 0.3) is 0 Å². The highest BCUT2D eigenvalue weighted by atomic mass is 35.5. The number of thioether (sulfide) groups is 1. The first kappa shape index (κ1) is 22.0. The number of rotatable bonds is 8. The highest BCUT2D eigenvalue weighted by Crippen LogP contribution is 2.28. The highest BCUT2D eigenvalue weighted by molar-refractivity contribution is 8.13. The van der Waals surface area contributed by atoms with E-state index in [2.05, 4.69) is 5.32 Å². The Bertz CT molecular complexity index is 925. The molecule has 0 bridgehead atoms. The van der Waals surface area contributed by atoms with E-state index in [4.69, 9.17) is 21.1 Å². The molecule has 1 fully saturated rings. The summed E-state index contributed by atoms with van der Waals surface area (Å²) in [6.07, 6.45) is -1.12. The van der Waals surface area contributed by atoms with Gasteiger partial charge in [0, 0.05) is 30.1 Å². The molecular formula is C21H21ClN2O5S. The number of carbonyl (C=O) groups excluding carboxylic acids is 3. The molecule has 0 aromatic heterocycles.